The van der Waals surface area contributed by atoms with Crippen LogP contribution in [-0.4, -0.2) is 31.1 Å². The molecule has 0 N–H and O–H groups in total. The van der Waals surface area contributed by atoms with E-state index in [4.69, 9.17) is 0 Å². The van der Waals surface area contributed by atoms with Gasteiger partial charge in [0.1, 0.15) is 5.75 Å². The molecule has 0 saturated heterocycles. The molecule has 23 heavy (non-hydrogen) atoms. The third kappa shape index (κ3) is 4.67. The number of benzene rings is 1. The van der Waals surface area contributed by atoms with Crippen LogP contribution in [0.4, 0.5) is 13.2 Å². The Balaban J connectivity index is 2.15. The van der Waals surface area contributed by atoms with E-state index < -0.39 is 22.1 Å². The smallest absolute Gasteiger partial charge is 0.406 e. The first-order chi connectivity index (χ1) is 10.7. The van der Waals surface area contributed by atoms with Gasteiger partial charge in [-0.2, -0.15) is 4.31 Å². The summed E-state index contributed by atoms with van der Waals surface area (Å²) < 4.78 is 65.8. The molecule has 0 atom stereocenters. The van der Waals surface area contributed by atoms with Gasteiger partial charge in [0.2, 0.25) is 10.0 Å². The molecule has 5 nitrogen and oxygen atoms in total. The zero-order chi connectivity index (χ0) is 17.1. The van der Waals surface area contributed by atoms with Crippen LogP contribution in [0.25, 0.3) is 0 Å². The SMILES string of the molecule is CN(Cc1ccncc1)S(=O)(=O)c1ccc(OC(F)(F)F)cc1. The van der Waals surface area contributed by atoms with Gasteiger partial charge >= 0.3 is 6.36 Å². The summed E-state index contributed by atoms with van der Waals surface area (Å²) in [6, 6.07) is 7.40. The van der Waals surface area contributed by atoms with Crippen molar-refractivity contribution < 1.29 is 26.3 Å². The van der Waals surface area contributed by atoms with Gasteiger partial charge in [-0.1, -0.05) is 0 Å². The highest BCUT2D eigenvalue weighted by atomic mass is 32.2. The van der Waals surface area contributed by atoms with E-state index in [1.165, 1.54) is 7.05 Å². The van der Waals surface area contributed by atoms with Gasteiger partial charge in [-0.3, -0.25) is 4.98 Å². The molecule has 2 aromatic rings. The molecule has 0 spiro atoms. The molecule has 0 amide bonds. The van der Waals surface area contributed by atoms with Crippen LogP contribution in [0.1, 0.15) is 5.56 Å². The van der Waals surface area contributed by atoms with E-state index in [-0.39, 0.29) is 11.4 Å². The summed E-state index contributed by atoms with van der Waals surface area (Å²) in [5, 5.41) is 0. The van der Waals surface area contributed by atoms with Crippen LogP contribution in [0.15, 0.2) is 53.7 Å². The molecule has 1 aromatic heterocycles. The van der Waals surface area contributed by atoms with Crippen LogP contribution in [0.3, 0.4) is 0 Å². The van der Waals surface area contributed by atoms with Gasteiger partial charge in [0, 0.05) is 26.0 Å². The van der Waals surface area contributed by atoms with Crippen LogP contribution in [0.5, 0.6) is 5.75 Å². The molecule has 0 saturated carbocycles. The number of ether oxygens (including phenoxy) is 1. The van der Waals surface area contributed by atoms with E-state index in [2.05, 4.69) is 9.72 Å². The highest BCUT2D eigenvalue weighted by molar-refractivity contribution is 7.89. The second-order valence-electron chi connectivity index (χ2n) is 4.64. The Morgan fingerprint density at radius 2 is 1.65 bits per heavy atom. The Hall–Kier alpha value is -2.13. The summed E-state index contributed by atoms with van der Waals surface area (Å²) >= 11 is 0. The molecule has 1 aromatic carbocycles. The number of alkyl halides is 3. The predicted octanol–water partition coefficient (Wildman–Crippen LogP) is 2.80. The number of hydrogen-bond acceptors (Lipinski definition) is 4. The Kier molecular flexibility index (Phi) is 4.90. The van der Waals surface area contributed by atoms with Gasteiger partial charge in [-0.15, -0.1) is 13.2 Å². The third-order valence-electron chi connectivity index (χ3n) is 2.92. The van der Waals surface area contributed by atoms with E-state index in [0.717, 1.165) is 34.1 Å². The third-order valence-corrected chi connectivity index (χ3v) is 4.74. The molecule has 0 fully saturated rings. The molecule has 0 aliphatic heterocycles. The molecular formula is C14H13F3N2O3S. The standard InChI is InChI=1S/C14H13F3N2O3S/c1-19(10-11-6-8-18-9-7-11)23(20,21)13-4-2-12(3-5-13)22-14(15,16)17/h2-9H,10H2,1H3. The quantitative estimate of drug-likeness (QED) is 0.835. The van der Waals surface area contributed by atoms with Crippen molar-refractivity contribution in [1.82, 2.24) is 9.29 Å². The fraction of sp³-hybridized carbons (Fsp3) is 0.214. The number of hydrogen-bond donors (Lipinski definition) is 0. The molecule has 0 aliphatic carbocycles. The van der Waals surface area contributed by atoms with Crippen LogP contribution >= 0.6 is 0 Å². The first-order valence-corrected chi connectivity index (χ1v) is 7.83. The fourth-order valence-corrected chi connectivity index (χ4v) is 2.98. The van der Waals surface area contributed by atoms with Crippen molar-refractivity contribution in [1.29, 1.82) is 0 Å². The fourth-order valence-electron chi connectivity index (χ4n) is 1.82. The maximum Gasteiger partial charge on any atom is 0.573 e. The summed E-state index contributed by atoms with van der Waals surface area (Å²) in [6.45, 7) is 0.117. The van der Waals surface area contributed by atoms with Crippen molar-refractivity contribution in [2.24, 2.45) is 0 Å². The molecule has 0 radical (unpaired) electrons. The number of aromatic nitrogens is 1. The van der Waals surface area contributed by atoms with Gasteiger partial charge in [0.05, 0.1) is 4.90 Å². The largest absolute Gasteiger partial charge is 0.573 e. The summed E-state index contributed by atoms with van der Waals surface area (Å²) in [5.74, 6) is -0.478. The van der Waals surface area contributed by atoms with Crippen molar-refractivity contribution in [3.63, 3.8) is 0 Å². The number of rotatable bonds is 5. The maximum absolute atomic E-state index is 12.4. The van der Waals surface area contributed by atoms with Crippen LogP contribution in [0, 0.1) is 0 Å². The molecular weight excluding hydrogens is 333 g/mol. The molecule has 1 heterocycles. The topological polar surface area (TPSA) is 59.5 Å². The lowest BCUT2D eigenvalue weighted by molar-refractivity contribution is -0.274. The minimum Gasteiger partial charge on any atom is -0.406 e. The second-order valence-corrected chi connectivity index (χ2v) is 6.68. The highest BCUT2D eigenvalue weighted by Crippen LogP contribution is 2.25. The van der Waals surface area contributed by atoms with Gasteiger partial charge in [0.15, 0.2) is 0 Å². The van der Waals surface area contributed by atoms with Crippen molar-refractivity contribution in [2.45, 2.75) is 17.8 Å². The van der Waals surface area contributed by atoms with Gasteiger partial charge in [0.25, 0.3) is 0 Å². The van der Waals surface area contributed by atoms with Crippen LogP contribution < -0.4 is 4.74 Å². The Morgan fingerprint density at radius 1 is 1.09 bits per heavy atom. The number of halogens is 3. The molecule has 0 aliphatic rings. The molecule has 0 bridgehead atoms. The maximum atomic E-state index is 12.4. The lowest BCUT2D eigenvalue weighted by Crippen LogP contribution is -2.26. The van der Waals surface area contributed by atoms with E-state index in [1.807, 2.05) is 0 Å². The van der Waals surface area contributed by atoms with E-state index >= 15 is 0 Å². The average molecular weight is 346 g/mol. The Bertz CT molecular complexity index is 747. The summed E-state index contributed by atoms with van der Waals surface area (Å²) in [7, 11) is -2.44. The second kappa shape index (κ2) is 6.55. The highest BCUT2D eigenvalue weighted by Gasteiger charge is 2.31. The molecule has 2 rings (SSSR count). The minimum atomic E-state index is -4.82. The molecule has 9 heteroatoms. The normalized spacial score (nSPS) is 12.4. The first kappa shape index (κ1) is 17.2. The van der Waals surface area contributed by atoms with E-state index in [0.29, 0.717) is 0 Å². The van der Waals surface area contributed by atoms with Crippen molar-refractivity contribution >= 4 is 10.0 Å². The van der Waals surface area contributed by atoms with Crippen molar-refractivity contribution in [3.05, 3.63) is 54.4 Å². The lowest BCUT2D eigenvalue weighted by atomic mass is 10.3. The van der Waals surface area contributed by atoms with E-state index in [1.54, 1.807) is 24.5 Å². The van der Waals surface area contributed by atoms with Gasteiger partial charge in [-0.05, 0) is 42.0 Å². The Morgan fingerprint density at radius 3 is 2.17 bits per heavy atom. The zero-order valence-corrected chi connectivity index (χ0v) is 12.8. The summed E-state index contributed by atoms with van der Waals surface area (Å²) in [6.07, 6.45) is -1.74. The Labute approximate surface area is 131 Å². The number of nitrogens with zero attached hydrogens (tertiary/aromatic N) is 2. The zero-order valence-electron chi connectivity index (χ0n) is 12.0. The lowest BCUT2D eigenvalue weighted by Gasteiger charge is -2.17. The molecule has 0 unspecified atom stereocenters. The summed E-state index contributed by atoms with van der Waals surface area (Å²) in [5.41, 5.74) is 0.739. The molecule has 124 valence electrons. The predicted molar refractivity (Wildman–Crippen MR) is 76.0 cm³/mol. The van der Waals surface area contributed by atoms with Gasteiger partial charge in [-0.25, -0.2) is 8.42 Å². The van der Waals surface area contributed by atoms with E-state index in [9.17, 15) is 21.6 Å². The van der Waals surface area contributed by atoms with Crippen molar-refractivity contribution in [2.75, 3.05) is 7.05 Å². The minimum absolute atomic E-state index is 0.117. The van der Waals surface area contributed by atoms with Crippen LogP contribution in [0.2, 0.25) is 0 Å². The van der Waals surface area contributed by atoms with Gasteiger partial charge < -0.3 is 4.74 Å². The average Bonchev–Trinajstić information content (AvgIpc) is 2.47. The summed E-state index contributed by atoms with van der Waals surface area (Å²) in [4.78, 5) is 3.72. The number of pyridine rings is 1. The van der Waals surface area contributed by atoms with Crippen molar-refractivity contribution in [3.8, 4) is 5.75 Å². The monoisotopic (exact) mass is 346 g/mol. The number of sulfonamides is 1. The van der Waals surface area contributed by atoms with Crippen LogP contribution in [-0.2, 0) is 16.6 Å². The first-order valence-electron chi connectivity index (χ1n) is 6.39.